The third-order valence-electron chi connectivity index (χ3n) is 4.62. The van der Waals surface area contributed by atoms with E-state index in [9.17, 15) is 9.59 Å². The normalized spacial score (nSPS) is 14.2. The molecule has 0 bridgehead atoms. The highest BCUT2D eigenvalue weighted by Gasteiger charge is 2.29. The number of hydrogen-bond acceptors (Lipinski definition) is 3. The fourth-order valence-electron chi connectivity index (χ4n) is 2.72. The van der Waals surface area contributed by atoms with Crippen LogP contribution < -0.4 is 10.7 Å². The standard InChI is InChI=1S/C21H31N3O2/c1-3-4-5-6-7-8-9-20(25)24-23-16(2)17-12-14-19(15-13-17)22-21(26)18-10-11-18/h12-15,18H,3-11H2,1-2H3,(H,22,26)(H,24,25). The zero-order chi connectivity index (χ0) is 18.8. The van der Waals surface area contributed by atoms with E-state index in [1.807, 2.05) is 31.2 Å². The summed E-state index contributed by atoms with van der Waals surface area (Å²) in [5.41, 5.74) is 5.11. The summed E-state index contributed by atoms with van der Waals surface area (Å²) in [6, 6.07) is 7.54. The van der Waals surface area contributed by atoms with Crippen LogP contribution in [-0.2, 0) is 9.59 Å². The van der Waals surface area contributed by atoms with Gasteiger partial charge in [-0.25, -0.2) is 5.43 Å². The van der Waals surface area contributed by atoms with Gasteiger partial charge in [-0.3, -0.25) is 9.59 Å². The molecular formula is C21H31N3O2. The molecule has 0 aliphatic heterocycles. The lowest BCUT2D eigenvalue weighted by atomic mass is 10.1. The van der Waals surface area contributed by atoms with Crippen LogP contribution in [0.3, 0.4) is 0 Å². The van der Waals surface area contributed by atoms with E-state index in [2.05, 4.69) is 22.8 Å². The van der Waals surface area contributed by atoms with E-state index in [0.29, 0.717) is 6.42 Å². The molecule has 0 saturated heterocycles. The highest BCUT2D eigenvalue weighted by atomic mass is 16.2. The van der Waals surface area contributed by atoms with Gasteiger partial charge >= 0.3 is 0 Å². The van der Waals surface area contributed by atoms with Crippen molar-refractivity contribution in [1.82, 2.24) is 5.43 Å². The van der Waals surface area contributed by atoms with E-state index >= 15 is 0 Å². The summed E-state index contributed by atoms with van der Waals surface area (Å²) in [5, 5.41) is 7.09. The average Bonchev–Trinajstić information content (AvgIpc) is 3.48. The molecule has 1 aliphatic carbocycles. The fraction of sp³-hybridized carbons (Fsp3) is 0.571. The summed E-state index contributed by atoms with van der Waals surface area (Å²) < 4.78 is 0. The molecule has 5 nitrogen and oxygen atoms in total. The molecule has 5 heteroatoms. The van der Waals surface area contributed by atoms with Crippen molar-refractivity contribution in [2.24, 2.45) is 11.0 Å². The lowest BCUT2D eigenvalue weighted by Gasteiger charge is -2.06. The smallest absolute Gasteiger partial charge is 0.240 e. The van der Waals surface area contributed by atoms with Crippen LogP contribution in [0.1, 0.15) is 77.2 Å². The monoisotopic (exact) mass is 357 g/mol. The molecule has 1 saturated carbocycles. The average molecular weight is 357 g/mol. The summed E-state index contributed by atoms with van der Waals surface area (Å²) in [5.74, 6) is 0.262. The topological polar surface area (TPSA) is 70.6 Å². The summed E-state index contributed by atoms with van der Waals surface area (Å²) in [4.78, 5) is 23.6. The van der Waals surface area contributed by atoms with Crippen molar-refractivity contribution in [2.45, 2.75) is 71.6 Å². The highest BCUT2D eigenvalue weighted by molar-refractivity contribution is 6.00. The first-order valence-electron chi connectivity index (χ1n) is 9.84. The molecule has 2 N–H and O–H groups in total. The van der Waals surface area contributed by atoms with Crippen LogP contribution in [0.25, 0.3) is 0 Å². The number of amides is 2. The molecule has 0 aromatic heterocycles. The van der Waals surface area contributed by atoms with Crippen LogP contribution in [-0.4, -0.2) is 17.5 Å². The number of nitrogens with one attached hydrogen (secondary N) is 2. The number of hydrogen-bond donors (Lipinski definition) is 2. The Morgan fingerprint density at radius 3 is 2.35 bits per heavy atom. The molecule has 142 valence electrons. The first-order chi connectivity index (χ1) is 12.6. The predicted molar refractivity (Wildman–Crippen MR) is 106 cm³/mol. The Hall–Kier alpha value is -2.17. The van der Waals surface area contributed by atoms with Crippen molar-refractivity contribution in [1.29, 1.82) is 0 Å². The number of hydrazone groups is 1. The lowest BCUT2D eigenvalue weighted by Crippen LogP contribution is -2.18. The summed E-state index contributed by atoms with van der Waals surface area (Å²) in [6.45, 7) is 4.06. The van der Waals surface area contributed by atoms with Crippen molar-refractivity contribution in [3.05, 3.63) is 29.8 Å². The van der Waals surface area contributed by atoms with E-state index in [1.54, 1.807) is 0 Å². The van der Waals surface area contributed by atoms with Gasteiger partial charge in [0, 0.05) is 18.0 Å². The van der Waals surface area contributed by atoms with Crippen molar-refractivity contribution in [2.75, 3.05) is 5.32 Å². The number of unbranched alkanes of at least 4 members (excludes halogenated alkanes) is 5. The van der Waals surface area contributed by atoms with Crippen molar-refractivity contribution < 1.29 is 9.59 Å². The first-order valence-corrected chi connectivity index (χ1v) is 9.84. The van der Waals surface area contributed by atoms with Crippen LogP contribution in [0, 0.1) is 5.92 Å². The largest absolute Gasteiger partial charge is 0.326 e. The van der Waals surface area contributed by atoms with E-state index < -0.39 is 0 Å². The minimum absolute atomic E-state index is 0.0341. The van der Waals surface area contributed by atoms with Gasteiger partial charge in [0.1, 0.15) is 0 Å². The Labute approximate surface area is 156 Å². The van der Waals surface area contributed by atoms with Crippen LogP contribution in [0.15, 0.2) is 29.4 Å². The van der Waals surface area contributed by atoms with Crippen LogP contribution in [0.4, 0.5) is 5.69 Å². The fourth-order valence-corrected chi connectivity index (χ4v) is 2.72. The van der Waals surface area contributed by atoms with Crippen molar-refractivity contribution in [3.8, 4) is 0 Å². The number of nitrogens with zero attached hydrogens (tertiary/aromatic N) is 1. The van der Waals surface area contributed by atoms with Crippen LogP contribution in [0.5, 0.6) is 0 Å². The second kappa shape index (κ2) is 10.7. The molecule has 1 aromatic carbocycles. The van der Waals surface area contributed by atoms with Gasteiger partial charge in [0.05, 0.1) is 5.71 Å². The number of carbonyl (C=O) groups excluding carboxylic acids is 2. The summed E-state index contributed by atoms with van der Waals surface area (Å²) >= 11 is 0. The molecule has 0 unspecified atom stereocenters. The third-order valence-corrected chi connectivity index (χ3v) is 4.62. The maximum absolute atomic E-state index is 11.8. The SMILES string of the molecule is CCCCCCCCC(=O)NN=C(C)c1ccc(NC(=O)C2CC2)cc1. The second-order valence-corrected chi connectivity index (χ2v) is 7.09. The van der Waals surface area contributed by atoms with E-state index in [-0.39, 0.29) is 17.7 Å². The van der Waals surface area contributed by atoms with Gasteiger partial charge in [0.15, 0.2) is 0 Å². The summed E-state index contributed by atoms with van der Waals surface area (Å²) in [7, 11) is 0. The van der Waals surface area contributed by atoms with E-state index in [0.717, 1.165) is 42.6 Å². The molecule has 0 heterocycles. The van der Waals surface area contributed by atoms with Gasteiger partial charge in [-0.1, -0.05) is 51.2 Å². The van der Waals surface area contributed by atoms with Gasteiger partial charge in [-0.2, -0.15) is 5.10 Å². The van der Waals surface area contributed by atoms with E-state index in [4.69, 9.17) is 0 Å². The molecule has 2 rings (SSSR count). The van der Waals surface area contributed by atoms with Crippen molar-refractivity contribution >= 4 is 23.2 Å². The van der Waals surface area contributed by atoms with Gasteiger partial charge in [0.25, 0.3) is 0 Å². The zero-order valence-electron chi connectivity index (χ0n) is 16.0. The van der Waals surface area contributed by atoms with Crippen LogP contribution in [0.2, 0.25) is 0 Å². The maximum atomic E-state index is 11.8. The minimum atomic E-state index is -0.0341. The summed E-state index contributed by atoms with van der Waals surface area (Å²) in [6.07, 6.45) is 9.50. The lowest BCUT2D eigenvalue weighted by molar-refractivity contribution is -0.121. The predicted octanol–water partition coefficient (Wildman–Crippen LogP) is 4.63. The van der Waals surface area contributed by atoms with E-state index in [1.165, 1.54) is 25.7 Å². The Bertz CT molecular complexity index is 619. The number of anilines is 1. The van der Waals surface area contributed by atoms with Gasteiger partial charge in [-0.05, 0) is 43.9 Å². The highest BCUT2D eigenvalue weighted by Crippen LogP contribution is 2.30. The Kier molecular flexibility index (Phi) is 8.32. The zero-order valence-corrected chi connectivity index (χ0v) is 16.0. The maximum Gasteiger partial charge on any atom is 0.240 e. The molecule has 0 atom stereocenters. The van der Waals surface area contributed by atoms with Gasteiger partial charge < -0.3 is 5.32 Å². The second-order valence-electron chi connectivity index (χ2n) is 7.09. The molecule has 2 amide bonds. The number of benzene rings is 1. The van der Waals surface area contributed by atoms with Gasteiger partial charge in [-0.15, -0.1) is 0 Å². The molecule has 1 aromatic rings. The minimum Gasteiger partial charge on any atom is -0.326 e. The Morgan fingerprint density at radius 2 is 1.69 bits per heavy atom. The van der Waals surface area contributed by atoms with Crippen molar-refractivity contribution in [3.63, 3.8) is 0 Å². The molecule has 0 spiro atoms. The number of rotatable bonds is 11. The van der Waals surface area contributed by atoms with Gasteiger partial charge in [0.2, 0.25) is 11.8 Å². The third kappa shape index (κ3) is 7.38. The molecular weight excluding hydrogens is 326 g/mol. The quantitative estimate of drug-likeness (QED) is 0.344. The Morgan fingerprint density at radius 1 is 1.04 bits per heavy atom. The Balaban J connectivity index is 1.70. The molecule has 26 heavy (non-hydrogen) atoms. The molecule has 1 fully saturated rings. The molecule has 1 aliphatic rings. The first kappa shape index (κ1) is 20.1. The number of carbonyl (C=O) groups is 2. The molecule has 0 radical (unpaired) electrons. The van der Waals surface area contributed by atoms with Crippen LogP contribution >= 0.6 is 0 Å².